The van der Waals surface area contributed by atoms with Crippen LogP contribution in [-0.2, 0) is 9.53 Å². The van der Waals surface area contributed by atoms with Gasteiger partial charge in [0.05, 0.1) is 5.56 Å². The monoisotopic (exact) mass is 379 g/mol. The van der Waals surface area contributed by atoms with E-state index in [1.807, 2.05) is 68.4 Å². The standard InChI is InChI=1S/C22H21NO3S/c1-14-13-19(16(3)27-14)22(25)26-15(2)21(24)23-20-12-8-7-11-18(20)17-9-5-4-6-10-17/h4-13,15H,1-3H3,(H,23,24)/t15-/m0/s1. The first-order valence-corrected chi connectivity index (χ1v) is 9.50. The van der Waals surface area contributed by atoms with E-state index in [9.17, 15) is 9.59 Å². The lowest BCUT2D eigenvalue weighted by molar-refractivity contribution is -0.123. The van der Waals surface area contributed by atoms with Crippen LogP contribution in [0.1, 0.15) is 27.0 Å². The predicted octanol–water partition coefficient (Wildman–Crippen LogP) is 5.22. The van der Waals surface area contributed by atoms with Gasteiger partial charge in [-0.25, -0.2) is 4.79 Å². The molecule has 0 unspecified atom stereocenters. The summed E-state index contributed by atoms with van der Waals surface area (Å²) in [5.41, 5.74) is 3.11. The minimum absolute atomic E-state index is 0.365. The molecule has 1 aromatic heterocycles. The van der Waals surface area contributed by atoms with Gasteiger partial charge in [0.2, 0.25) is 0 Å². The summed E-state index contributed by atoms with van der Waals surface area (Å²) in [6.07, 6.45) is -0.902. The predicted molar refractivity (Wildman–Crippen MR) is 109 cm³/mol. The van der Waals surface area contributed by atoms with E-state index in [2.05, 4.69) is 5.32 Å². The fourth-order valence-electron chi connectivity index (χ4n) is 2.81. The second-order valence-electron chi connectivity index (χ2n) is 6.28. The number of nitrogens with one attached hydrogen (secondary N) is 1. The lowest BCUT2D eigenvalue weighted by atomic mass is 10.0. The van der Waals surface area contributed by atoms with Crippen LogP contribution in [0.15, 0.2) is 60.7 Å². The number of esters is 1. The largest absolute Gasteiger partial charge is 0.449 e. The Labute approximate surface area is 162 Å². The summed E-state index contributed by atoms with van der Waals surface area (Å²) < 4.78 is 5.37. The fourth-order valence-corrected chi connectivity index (χ4v) is 3.72. The Bertz CT molecular complexity index is 963. The molecule has 0 aliphatic carbocycles. The highest BCUT2D eigenvalue weighted by molar-refractivity contribution is 7.12. The van der Waals surface area contributed by atoms with Crippen molar-refractivity contribution in [1.29, 1.82) is 0 Å². The number of rotatable bonds is 5. The van der Waals surface area contributed by atoms with E-state index in [4.69, 9.17) is 4.74 Å². The Morgan fingerprint density at radius 1 is 1.00 bits per heavy atom. The maximum atomic E-state index is 12.6. The number of para-hydroxylation sites is 1. The first-order chi connectivity index (χ1) is 13.0. The number of hydrogen-bond donors (Lipinski definition) is 1. The van der Waals surface area contributed by atoms with Crippen LogP contribution in [0.25, 0.3) is 11.1 Å². The number of carbonyl (C=O) groups excluding carboxylic acids is 2. The van der Waals surface area contributed by atoms with Gasteiger partial charge in [-0.3, -0.25) is 4.79 Å². The summed E-state index contributed by atoms with van der Waals surface area (Å²) in [4.78, 5) is 26.8. The fraction of sp³-hybridized carbons (Fsp3) is 0.182. The first kappa shape index (κ1) is 18.9. The number of amides is 1. The lowest BCUT2D eigenvalue weighted by Gasteiger charge is -2.16. The van der Waals surface area contributed by atoms with Gasteiger partial charge >= 0.3 is 5.97 Å². The van der Waals surface area contributed by atoms with Crippen LogP contribution in [-0.4, -0.2) is 18.0 Å². The van der Waals surface area contributed by atoms with Crippen molar-refractivity contribution in [3.8, 4) is 11.1 Å². The van der Waals surface area contributed by atoms with Crippen LogP contribution in [0.2, 0.25) is 0 Å². The van der Waals surface area contributed by atoms with Crippen molar-refractivity contribution < 1.29 is 14.3 Å². The number of benzene rings is 2. The molecule has 2 aromatic carbocycles. The smallest absolute Gasteiger partial charge is 0.340 e. The zero-order valence-electron chi connectivity index (χ0n) is 15.5. The van der Waals surface area contributed by atoms with Crippen LogP contribution in [0.3, 0.4) is 0 Å². The molecule has 0 fully saturated rings. The molecule has 0 radical (unpaired) electrons. The number of carbonyl (C=O) groups is 2. The van der Waals surface area contributed by atoms with E-state index in [0.29, 0.717) is 11.3 Å². The zero-order valence-corrected chi connectivity index (χ0v) is 16.3. The molecule has 5 heteroatoms. The second-order valence-corrected chi connectivity index (χ2v) is 7.74. The third-order valence-corrected chi connectivity index (χ3v) is 5.15. The van der Waals surface area contributed by atoms with Crippen LogP contribution < -0.4 is 5.32 Å². The van der Waals surface area contributed by atoms with Crippen LogP contribution in [0.5, 0.6) is 0 Å². The van der Waals surface area contributed by atoms with E-state index in [1.165, 1.54) is 11.3 Å². The molecule has 3 aromatic rings. The molecule has 1 amide bonds. The highest BCUT2D eigenvalue weighted by Crippen LogP contribution is 2.28. The molecule has 0 aliphatic rings. The lowest BCUT2D eigenvalue weighted by Crippen LogP contribution is -2.30. The third-order valence-electron chi connectivity index (χ3n) is 4.18. The third kappa shape index (κ3) is 4.44. The summed E-state index contributed by atoms with van der Waals surface area (Å²) in [5, 5.41) is 2.87. The van der Waals surface area contributed by atoms with Gasteiger partial charge in [0, 0.05) is 21.0 Å². The molecule has 27 heavy (non-hydrogen) atoms. The van der Waals surface area contributed by atoms with Crippen molar-refractivity contribution >= 4 is 28.9 Å². The molecule has 0 saturated carbocycles. The Balaban J connectivity index is 1.72. The molecular weight excluding hydrogens is 358 g/mol. The number of thiophene rings is 1. The van der Waals surface area contributed by atoms with Crippen molar-refractivity contribution in [3.63, 3.8) is 0 Å². The summed E-state index contributed by atoms with van der Waals surface area (Å²) >= 11 is 1.53. The summed E-state index contributed by atoms with van der Waals surface area (Å²) in [6.45, 7) is 5.38. The van der Waals surface area contributed by atoms with Crippen LogP contribution in [0, 0.1) is 13.8 Å². The van der Waals surface area contributed by atoms with Gasteiger partial charge in [-0.2, -0.15) is 0 Å². The normalized spacial score (nSPS) is 11.7. The van der Waals surface area contributed by atoms with E-state index in [1.54, 1.807) is 13.0 Å². The molecular formula is C22H21NO3S. The van der Waals surface area contributed by atoms with Crippen molar-refractivity contribution in [2.45, 2.75) is 26.9 Å². The average Bonchev–Trinajstić information content (AvgIpc) is 3.01. The Morgan fingerprint density at radius 3 is 2.33 bits per heavy atom. The average molecular weight is 379 g/mol. The number of aryl methyl sites for hydroxylation is 2. The molecule has 3 rings (SSSR count). The summed E-state index contributed by atoms with van der Waals surface area (Å²) in [5.74, 6) is -0.841. The molecule has 0 spiro atoms. The van der Waals surface area contributed by atoms with Gasteiger partial charge in [-0.1, -0.05) is 48.5 Å². The summed E-state index contributed by atoms with van der Waals surface area (Å²) in [7, 11) is 0. The van der Waals surface area contributed by atoms with E-state index < -0.39 is 12.1 Å². The van der Waals surface area contributed by atoms with Gasteiger partial charge in [-0.15, -0.1) is 11.3 Å². The molecule has 4 nitrogen and oxygen atoms in total. The highest BCUT2D eigenvalue weighted by atomic mass is 32.1. The second kappa shape index (κ2) is 8.18. The Morgan fingerprint density at radius 2 is 1.67 bits per heavy atom. The minimum Gasteiger partial charge on any atom is -0.449 e. The Kier molecular flexibility index (Phi) is 5.72. The van der Waals surface area contributed by atoms with Gasteiger partial charge in [0.25, 0.3) is 5.91 Å². The molecule has 0 saturated heterocycles. The van der Waals surface area contributed by atoms with E-state index >= 15 is 0 Å². The minimum atomic E-state index is -0.902. The quantitative estimate of drug-likeness (QED) is 0.619. The molecule has 0 bridgehead atoms. The molecule has 1 heterocycles. The maximum Gasteiger partial charge on any atom is 0.340 e. The SMILES string of the molecule is Cc1cc(C(=O)O[C@@H](C)C(=O)Nc2ccccc2-c2ccccc2)c(C)s1. The molecule has 1 atom stereocenters. The van der Waals surface area contributed by atoms with Crippen LogP contribution in [0.4, 0.5) is 5.69 Å². The van der Waals surface area contributed by atoms with Crippen molar-refractivity contribution in [2.24, 2.45) is 0 Å². The first-order valence-electron chi connectivity index (χ1n) is 8.69. The van der Waals surface area contributed by atoms with Gasteiger partial charge in [0.15, 0.2) is 6.10 Å². The summed E-state index contributed by atoms with van der Waals surface area (Å²) in [6, 6.07) is 19.1. The zero-order chi connectivity index (χ0) is 19.4. The van der Waals surface area contributed by atoms with Gasteiger partial charge < -0.3 is 10.1 Å². The molecule has 0 aliphatic heterocycles. The van der Waals surface area contributed by atoms with Gasteiger partial charge in [0.1, 0.15) is 0 Å². The molecule has 138 valence electrons. The Hall–Kier alpha value is -2.92. The van der Waals surface area contributed by atoms with E-state index in [0.717, 1.165) is 20.9 Å². The van der Waals surface area contributed by atoms with Crippen molar-refractivity contribution in [2.75, 3.05) is 5.32 Å². The maximum absolute atomic E-state index is 12.6. The molecule has 1 N–H and O–H groups in total. The number of hydrogen-bond acceptors (Lipinski definition) is 4. The van der Waals surface area contributed by atoms with Crippen molar-refractivity contribution in [3.05, 3.63) is 76.0 Å². The van der Waals surface area contributed by atoms with Gasteiger partial charge in [-0.05, 0) is 38.5 Å². The highest BCUT2D eigenvalue weighted by Gasteiger charge is 2.22. The number of ether oxygens (including phenoxy) is 1. The van der Waals surface area contributed by atoms with Crippen molar-refractivity contribution in [1.82, 2.24) is 0 Å². The van der Waals surface area contributed by atoms with E-state index in [-0.39, 0.29) is 5.91 Å². The topological polar surface area (TPSA) is 55.4 Å². The van der Waals surface area contributed by atoms with Crippen LogP contribution >= 0.6 is 11.3 Å². The number of anilines is 1.